The third-order valence-electron chi connectivity index (χ3n) is 17.2. The zero-order valence-corrected chi connectivity index (χ0v) is 47.0. The Hall–Kier alpha value is -11.8. The van der Waals surface area contributed by atoms with Gasteiger partial charge in [-0.15, -0.1) is 0 Å². The lowest BCUT2D eigenvalue weighted by Crippen LogP contribution is -1.92. The lowest BCUT2D eigenvalue weighted by Gasteiger charge is -2.19. The van der Waals surface area contributed by atoms with E-state index in [2.05, 4.69) is 0 Å². The van der Waals surface area contributed by atoms with Gasteiger partial charge in [0.1, 0.15) is 33.5 Å². The number of hydrogen-bond acceptors (Lipinski definition) is 3. The van der Waals surface area contributed by atoms with Crippen molar-refractivity contribution in [1.29, 1.82) is 0 Å². The van der Waals surface area contributed by atoms with Crippen molar-refractivity contribution in [3.63, 3.8) is 0 Å². The van der Waals surface area contributed by atoms with E-state index in [0.717, 1.165) is 65.4 Å². The van der Waals surface area contributed by atoms with Crippen LogP contribution >= 0.6 is 0 Å². The Labute approximate surface area is 534 Å². The second-order valence-electron chi connectivity index (χ2n) is 22.1. The highest BCUT2D eigenvalue weighted by Crippen LogP contribution is 2.50. The minimum absolute atomic E-state index is 0.150. The summed E-state index contributed by atoms with van der Waals surface area (Å²) in [6.07, 6.45) is 0. The quantitative estimate of drug-likeness (QED) is 0.156. The molecule has 16 aromatic carbocycles. The van der Waals surface area contributed by atoms with E-state index in [-0.39, 0.29) is 97.0 Å². The molecule has 0 aliphatic rings. The van der Waals surface area contributed by atoms with Crippen LogP contribution < -0.4 is 0 Å². The molecule has 19 rings (SSSR count). The van der Waals surface area contributed by atoms with E-state index < -0.39 is 48.3 Å². The Morgan fingerprint density at radius 1 is 0.213 bits per heavy atom. The van der Waals surface area contributed by atoms with Crippen LogP contribution in [0.2, 0.25) is 0 Å². The van der Waals surface area contributed by atoms with Crippen molar-refractivity contribution < 1.29 is 35.2 Å². The molecular weight excluding hydrogens is 1080 g/mol. The fourth-order valence-electron chi connectivity index (χ4n) is 13.3. The number of benzene rings is 16. The van der Waals surface area contributed by atoms with Gasteiger partial charge in [0.05, 0.1) is 21.9 Å². The van der Waals surface area contributed by atoms with Gasteiger partial charge in [0.15, 0.2) is 0 Å². The number of furan rings is 3. The number of rotatable bonds is 6. The molecule has 0 saturated heterocycles. The molecule has 3 nitrogen and oxygen atoms in total. The first-order chi connectivity index (χ1) is 50.8. The molecule has 0 saturated carbocycles. The highest BCUT2D eigenvalue weighted by Gasteiger charge is 2.24. The van der Waals surface area contributed by atoms with Crippen LogP contribution in [0.15, 0.2) is 328 Å². The molecule has 0 spiro atoms. The largest absolute Gasteiger partial charge is 0.456 e. The summed E-state index contributed by atoms with van der Waals surface area (Å²) in [7, 11) is 0. The maximum atomic E-state index is 9.58. The van der Waals surface area contributed by atoms with E-state index in [1.54, 1.807) is 12.1 Å². The molecule has 0 radical (unpaired) electrons. The average Bonchev–Trinajstić information content (AvgIpc) is 1.30. The van der Waals surface area contributed by atoms with E-state index in [9.17, 15) is 8.22 Å². The zero-order chi connectivity index (χ0) is 72.4. The summed E-state index contributed by atoms with van der Waals surface area (Å²) in [5.74, 6) is 0. The number of para-hydroxylation sites is 3. The molecule has 3 heteroatoms. The van der Waals surface area contributed by atoms with Gasteiger partial charge in [-0.1, -0.05) is 267 Å². The molecule has 414 valence electrons. The Morgan fingerprint density at radius 2 is 0.618 bits per heavy atom. The fourth-order valence-corrected chi connectivity index (χ4v) is 13.3. The highest BCUT2D eigenvalue weighted by molar-refractivity contribution is 6.26. The van der Waals surface area contributed by atoms with Crippen LogP contribution in [0.3, 0.4) is 0 Å². The van der Waals surface area contributed by atoms with Gasteiger partial charge in [-0.05, 0) is 164 Å². The molecule has 0 unspecified atom stereocenters. The SMILES string of the molecule is [2H]c1c([2H])c([2H])c2c(-c3ccc4oc5ccccc5c4c3)c3c([2H])c([2H])c([2H])c([2H])c3c(-c3ccc(-c4ccccc4)cc3)c2c1[2H].[2H]c1c([2H])c([2H])c2c(-c3cccc4ccccc34)c3c([2H])c([2H])c([2H])c([2H])c3c(-c3cc(-c4cccc5oc6ccccc6c45)c4oc5ccccc5c4c3)c2c1[2H]. The summed E-state index contributed by atoms with van der Waals surface area (Å²) >= 11 is 0. The average molecular weight is 1150 g/mol. The van der Waals surface area contributed by atoms with Crippen molar-refractivity contribution in [2.75, 3.05) is 0 Å². The molecule has 0 N–H and O–H groups in total. The second kappa shape index (κ2) is 20.4. The van der Waals surface area contributed by atoms with Crippen molar-refractivity contribution >= 4 is 120 Å². The topological polar surface area (TPSA) is 39.4 Å². The Balaban J connectivity index is 0.000000153. The lowest BCUT2D eigenvalue weighted by molar-refractivity contribution is 0.668. The molecule has 19 aromatic rings. The third kappa shape index (κ3) is 8.13. The maximum Gasteiger partial charge on any atom is 0.143 e. The fraction of sp³-hybridized carbons (Fsp3) is 0. The molecule has 0 bridgehead atoms. The molecule has 0 amide bonds. The van der Waals surface area contributed by atoms with Crippen molar-refractivity contribution in [1.82, 2.24) is 0 Å². The highest BCUT2D eigenvalue weighted by atomic mass is 16.3. The first-order valence-corrected chi connectivity index (χ1v) is 29.1. The first-order valence-electron chi connectivity index (χ1n) is 37.1. The maximum absolute atomic E-state index is 9.58. The van der Waals surface area contributed by atoms with Crippen molar-refractivity contribution in [2.45, 2.75) is 0 Å². The molecule has 3 heterocycles. The monoisotopic (exact) mass is 1150 g/mol. The van der Waals surface area contributed by atoms with Crippen LogP contribution in [0.25, 0.3) is 186 Å². The molecule has 0 aliphatic carbocycles. The van der Waals surface area contributed by atoms with Gasteiger partial charge in [-0.25, -0.2) is 0 Å². The minimum atomic E-state index is -0.451. The van der Waals surface area contributed by atoms with Gasteiger partial charge in [0.2, 0.25) is 0 Å². The molecule has 0 aliphatic heterocycles. The van der Waals surface area contributed by atoms with Crippen LogP contribution in [0.5, 0.6) is 0 Å². The van der Waals surface area contributed by atoms with Crippen molar-refractivity contribution in [2.24, 2.45) is 0 Å². The Morgan fingerprint density at radius 3 is 1.26 bits per heavy atom. The minimum Gasteiger partial charge on any atom is -0.456 e. The molecule has 89 heavy (non-hydrogen) atoms. The Bertz CT molecular complexity index is 6870. The molecular formula is C86H52O3. The summed E-state index contributed by atoms with van der Waals surface area (Å²) in [6.45, 7) is 0. The predicted octanol–water partition coefficient (Wildman–Crippen LogP) is 24.8. The van der Waals surface area contributed by atoms with Crippen molar-refractivity contribution in [3.05, 3.63) is 315 Å². The predicted molar refractivity (Wildman–Crippen MR) is 375 cm³/mol. The summed E-state index contributed by atoms with van der Waals surface area (Å²) in [5, 5.41) is 7.96. The van der Waals surface area contributed by atoms with E-state index in [1.807, 2.05) is 206 Å². The standard InChI is InChI=1S/C48H28O2.C38H24O/c1-2-15-31-29(13-1)14-11-22-33(31)46-36-19-5-3-17-34(36)45(35-18-4-6-20-37(35)46)30-27-40-32-16-7-9-24-42(32)50-48(40)41(28-30)38-23-12-26-44-47(38)39-21-8-10-25-43(39)49-44;1-2-10-25(11-3-1)26-18-20-27(21-19-26)37-30-13-4-6-15-32(30)38(33-16-7-5-14-31(33)37)28-22-23-36-34(24-28)29-12-8-9-17-35(29)39-36/h1-28H;1-24H/i3D,4D,5D,6D,17D,18D,19D,20D;4D,5D,6D,7D,13D,14D,15D,16D. The second-order valence-corrected chi connectivity index (χ2v) is 22.1. The van der Waals surface area contributed by atoms with E-state index in [4.69, 9.17) is 27.0 Å². The number of fused-ring (bicyclic) bond motifs is 14. The van der Waals surface area contributed by atoms with Crippen LogP contribution in [-0.2, 0) is 0 Å². The molecule has 3 aromatic heterocycles. The number of hydrogen-bond donors (Lipinski definition) is 0. The van der Waals surface area contributed by atoms with E-state index in [0.29, 0.717) is 72.4 Å². The normalized spacial score (nSPS) is 14.3. The lowest BCUT2D eigenvalue weighted by atomic mass is 9.84. The molecule has 0 fully saturated rings. The van der Waals surface area contributed by atoms with Crippen molar-refractivity contribution in [3.8, 4) is 66.8 Å². The van der Waals surface area contributed by atoms with E-state index >= 15 is 0 Å². The van der Waals surface area contributed by atoms with Gasteiger partial charge in [-0.2, -0.15) is 0 Å². The van der Waals surface area contributed by atoms with E-state index in [1.165, 1.54) is 0 Å². The van der Waals surface area contributed by atoms with Gasteiger partial charge in [0.25, 0.3) is 0 Å². The van der Waals surface area contributed by atoms with Crippen LogP contribution in [-0.4, -0.2) is 0 Å². The van der Waals surface area contributed by atoms with Crippen LogP contribution in [0, 0.1) is 0 Å². The Kier molecular flexibility index (Phi) is 8.48. The van der Waals surface area contributed by atoms with Crippen LogP contribution in [0.1, 0.15) is 21.9 Å². The third-order valence-corrected chi connectivity index (χ3v) is 17.2. The summed E-state index contributed by atoms with van der Waals surface area (Å²) in [4.78, 5) is 0. The molecule has 0 atom stereocenters. The first kappa shape index (κ1) is 36.9. The summed E-state index contributed by atoms with van der Waals surface area (Å²) < 4.78 is 164. The van der Waals surface area contributed by atoms with Gasteiger partial charge >= 0.3 is 0 Å². The van der Waals surface area contributed by atoms with Crippen LogP contribution in [0.4, 0.5) is 0 Å². The zero-order valence-electron chi connectivity index (χ0n) is 63.0. The smallest absolute Gasteiger partial charge is 0.143 e. The van der Waals surface area contributed by atoms with Gasteiger partial charge in [-0.3, -0.25) is 0 Å². The van der Waals surface area contributed by atoms with Gasteiger partial charge < -0.3 is 13.3 Å². The summed E-state index contributed by atoms with van der Waals surface area (Å²) in [5.41, 5.74) is 10.8. The summed E-state index contributed by atoms with van der Waals surface area (Å²) in [6, 6.07) is 62.8. The van der Waals surface area contributed by atoms with Gasteiger partial charge in [0, 0.05) is 37.9 Å².